The normalized spacial score (nSPS) is 19.3. The second kappa shape index (κ2) is 8.73. The number of hydrogen-bond acceptors (Lipinski definition) is 6. The molecule has 0 bridgehead atoms. The third-order valence-electron chi connectivity index (χ3n) is 3.55. The highest BCUT2D eigenvalue weighted by Crippen LogP contribution is 2.25. The molecule has 0 radical (unpaired) electrons. The summed E-state index contributed by atoms with van der Waals surface area (Å²) in [6.07, 6.45) is 3.79. The molecule has 2 heterocycles. The number of benzene rings is 1. The number of thioether (sulfide) groups is 1. The molecule has 1 aromatic carbocycles. The molecule has 0 spiro atoms. The van der Waals surface area contributed by atoms with Crippen molar-refractivity contribution in [2.45, 2.75) is 18.6 Å². The largest absolute Gasteiger partial charge is 0.303 e. The summed E-state index contributed by atoms with van der Waals surface area (Å²) in [5, 5.41) is 12.5. The van der Waals surface area contributed by atoms with Crippen LogP contribution in [0.5, 0.6) is 0 Å². The number of hydrogen-bond donors (Lipinski definition) is 1. The molecule has 1 atom stereocenters. The zero-order valence-corrected chi connectivity index (χ0v) is 15.7. The van der Waals surface area contributed by atoms with E-state index in [9.17, 15) is 9.59 Å². The summed E-state index contributed by atoms with van der Waals surface area (Å²) in [4.78, 5) is 24.8. The first-order chi connectivity index (χ1) is 12.6. The average molecular weight is 383 g/mol. The smallest absolute Gasteiger partial charge is 0.240 e. The number of amides is 1. The molecule has 1 fully saturated rings. The molecule has 5 nitrogen and oxygen atoms in total. The number of nitrogens with one attached hydrogen (secondary N) is 1. The fourth-order valence-corrected chi connectivity index (χ4v) is 3.91. The van der Waals surface area contributed by atoms with Crippen LogP contribution in [0, 0.1) is 0 Å². The molecule has 1 N–H and O–H groups in total. The number of amidine groups is 1. The Morgan fingerprint density at radius 2 is 2.04 bits per heavy atom. The maximum Gasteiger partial charge on any atom is 0.240 e. The molecule has 1 aliphatic heterocycles. The predicted octanol–water partition coefficient (Wildman–Crippen LogP) is 4.00. The summed E-state index contributed by atoms with van der Waals surface area (Å²) in [6, 6.07) is 13.5. The summed E-state index contributed by atoms with van der Waals surface area (Å²) < 4.78 is 0. The van der Waals surface area contributed by atoms with Crippen LogP contribution in [-0.4, -0.2) is 28.3 Å². The van der Waals surface area contributed by atoms with Crippen LogP contribution >= 0.6 is 23.1 Å². The number of nitrogens with zero attached hydrogens (tertiary/aromatic N) is 2. The van der Waals surface area contributed by atoms with E-state index in [1.165, 1.54) is 23.1 Å². The molecule has 0 aliphatic carbocycles. The van der Waals surface area contributed by atoms with Crippen LogP contribution in [0.3, 0.4) is 0 Å². The van der Waals surface area contributed by atoms with Crippen LogP contribution < -0.4 is 5.32 Å². The van der Waals surface area contributed by atoms with Crippen molar-refractivity contribution in [3.05, 3.63) is 63.9 Å². The monoisotopic (exact) mass is 383 g/mol. The van der Waals surface area contributed by atoms with E-state index in [0.717, 1.165) is 11.1 Å². The fraction of sp³-hybridized carbons (Fsp3) is 0.158. The minimum atomic E-state index is -0.459. The standard InChI is InChI=1S/C19H17N3O2S2/c1-13(10-14-6-3-2-4-7-14)12-20-22-19-21-18(24)17(26-19)11-15(23)16-8-5-9-25-16/h2-10,12,17H,11H2,1H3,(H,21,22,24)/b13-10-,20-12+. The zero-order valence-electron chi connectivity index (χ0n) is 14.1. The van der Waals surface area contributed by atoms with Crippen molar-refractivity contribution in [1.29, 1.82) is 0 Å². The molecule has 1 unspecified atom stereocenters. The third-order valence-corrected chi connectivity index (χ3v) is 5.53. The van der Waals surface area contributed by atoms with Crippen molar-refractivity contribution in [3.63, 3.8) is 0 Å². The number of ketones is 1. The van der Waals surface area contributed by atoms with Gasteiger partial charge in [0.15, 0.2) is 11.0 Å². The maximum atomic E-state index is 12.1. The lowest BCUT2D eigenvalue weighted by Crippen LogP contribution is -2.26. The van der Waals surface area contributed by atoms with Gasteiger partial charge in [0.1, 0.15) is 0 Å². The molecule has 1 amide bonds. The van der Waals surface area contributed by atoms with Gasteiger partial charge in [0, 0.05) is 6.42 Å². The summed E-state index contributed by atoms with van der Waals surface area (Å²) in [5.74, 6) is -0.232. The Kier molecular flexibility index (Phi) is 6.14. The Morgan fingerprint density at radius 1 is 1.23 bits per heavy atom. The maximum absolute atomic E-state index is 12.1. The second-order valence-electron chi connectivity index (χ2n) is 5.65. The van der Waals surface area contributed by atoms with Crippen LogP contribution in [-0.2, 0) is 4.79 Å². The van der Waals surface area contributed by atoms with E-state index in [2.05, 4.69) is 15.5 Å². The van der Waals surface area contributed by atoms with Gasteiger partial charge in [-0.05, 0) is 29.5 Å². The Labute approximate surface area is 159 Å². The number of allylic oxidation sites excluding steroid dienone is 1. The number of Topliss-reactive ketones (excluding diaryl/α,β-unsaturated/α-hetero) is 1. The van der Waals surface area contributed by atoms with Crippen molar-refractivity contribution in [2.24, 2.45) is 10.2 Å². The first kappa shape index (κ1) is 18.3. The first-order valence-electron chi connectivity index (χ1n) is 8.00. The SMILES string of the molecule is CC(=C/c1ccccc1)/C=N/N=C1\NC(=O)C(CC(=O)c2cccs2)S1. The van der Waals surface area contributed by atoms with E-state index in [-0.39, 0.29) is 18.1 Å². The van der Waals surface area contributed by atoms with Gasteiger partial charge >= 0.3 is 0 Å². The van der Waals surface area contributed by atoms with E-state index in [1.807, 2.05) is 54.8 Å². The van der Waals surface area contributed by atoms with Gasteiger partial charge in [-0.1, -0.05) is 54.2 Å². The quantitative estimate of drug-likeness (QED) is 0.466. The molecule has 132 valence electrons. The lowest BCUT2D eigenvalue weighted by molar-refractivity contribution is -0.118. The lowest BCUT2D eigenvalue weighted by Gasteiger charge is -2.02. The van der Waals surface area contributed by atoms with Crippen LogP contribution in [0.1, 0.15) is 28.6 Å². The molecular formula is C19H17N3O2S2. The van der Waals surface area contributed by atoms with Crippen LogP contribution in [0.4, 0.5) is 0 Å². The van der Waals surface area contributed by atoms with Crippen molar-refractivity contribution < 1.29 is 9.59 Å². The molecule has 1 aliphatic rings. The lowest BCUT2D eigenvalue weighted by atomic mass is 10.1. The molecule has 0 saturated carbocycles. The Hall–Kier alpha value is -2.51. The molecule has 26 heavy (non-hydrogen) atoms. The van der Waals surface area contributed by atoms with Crippen LogP contribution in [0.25, 0.3) is 6.08 Å². The van der Waals surface area contributed by atoms with Crippen molar-refractivity contribution >= 4 is 52.2 Å². The Morgan fingerprint density at radius 3 is 2.77 bits per heavy atom. The Bertz CT molecular complexity index is 871. The summed E-state index contributed by atoms with van der Waals surface area (Å²) in [5.41, 5.74) is 2.03. The van der Waals surface area contributed by atoms with E-state index >= 15 is 0 Å². The third kappa shape index (κ3) is 5.00. The average Bonchev–Trinajstić information content (AvgIpc) is 3.26. The molecule has 1 saturated heterocycles. The van der Waals surface area contributed by atoms with Gasteiger partial charge in [0.2, 0.25) is 5.91 Å². The first-order valence-corrected chi connectivity index (χ1v) is 9.76. The van der Waals surface area contributed by atoms with Gasteiger partial charge in [-0.2, -0.15) is 5.10 Å². The topological polar surface area (TPSA) is 70.9 Å². The minimum Gasteiger partial charge on any atom is -0.303 e. The minimum absolute atomic E-state index is 0.0287. The molecule has 2 aromatic rings. The van der Waals surface area contributed by atoms with E-state index < -0.39 is 5.25 Å². The molecule has 3 rings (SSSR count). The van der Waals surface area contributed by atoms with Gasteiger partial charge in [-0.15, -0.1) is 16.4 Å². The van der Waals surface area contributed by atoms with Gasteiger partial charge in [0.05, 0.1) is 16.3 Å². The highest BCUT2D eigenvalue weighted by atomic mass is 32.2. The van der Waals surface area contributed by atoms with E-state index in [0.29, 0.717) is 10.0 Å². The van der Waals surface area contributed by atoms with E-state index in [1.54, 1.807) is 12.3 Å². The number of rotatable bonds is 6. The van der Waals surface area contributed by atoms with Crippen LogP contribution in [0.2, 0.25) is 0 Å². The highest BCUT2D eigenvalue weighted by Gasteiger charge is 2.32. The van der Waals surface area contributed by atoms with Gasteiger partial charge < -0.3 is 5.32 Å². The molecule has 1 aromatic heterocycles. The number of carbonyl (C=O) groups is 2. The van der Waals surface area contributed by atoms with Gasteiger partial charge in [0.25, 0.3) is 0 Å². The molecular weight excluding hydrogens is 366 g/mol. The number of carbonyl (C=O) groups excluding carboxylic acids is 2. The summed E-state index contributed by atoms with van der Waals surface area (Å²) in [7, 11) is 0. The van der Waals surface area contributed by atoms with Crippen molar-refractivity contribution in [1.82, 2.24) is 5.32 Å². The Balaban J connectivity index is 1.57. The zero-order chi connectivity index (χ0) is 18.4. The molecule has 7 heteroatoms. The van der Waals surface area contributed by atoms with Gasteiger partial charge in [-0.25, -0.2) is 0 Å². The summed E-state index contributed by atoms with van der Waals surface area (Å²) >= 11 is 2.62. The second-order valence-corrected chi connectivity index (χ2v) is 7.79. The predicted molar refractivity (Wildman–Crippen MR) is 109 cm³/mol. The van der Waals surface area contributed by atoms with E-state index in [4.69, 9.17) is 0 Å². The number of thiophene rings is 1. The van der Waals surface area contributed by atoms with Crippen molar-refractivity contribution in [2.75, 3.05) is 0 Å². The van der Waals surface area contributed by atoms with Crippen LogP contribution in [0.15, 0.2) is 63.6 Å². The highest BCUT2D eigenvalue weighted by molar-refractivity contribution is 8.15. The van der Waals surface area contributed by atoms with Gasteiger partial charge in [-0.3, -0.25) is 9.59 Å². The summed E-state index contributed by atoms with van der Waals surface area (Å²) in [6.45, 7) is 1.93. The van der Waals surface area contributed by atoms with Crippen molar-refractivity contribution in [3.8, 4) is 0 Å². The fourth-order valence-electron chi connectivity index (χ4n) is 2.31.